The van der Waals surface area contributed by atoms with Crippen LogP contribution in [-0.2, 0) is 17.6 Å². The Labute approximate surface area is 268 Å². The zero-order chi connectivity index (χ0) is 32.5. The minimum atomic E-state index is -0.706. The summed E-state index contributed by atoms with van der Waals surface area (Å²) in [5.74, 6) is 2.83. The number of nitrogens with one attached hydrogen (secondary N) is 2. The van der Waals surface area contributed by atoms with Crippen molar-refractivity contribution in [3.05, 3.63) is 78.5 Å². The highest BCUT2D eigenvalue weighted by Gasteiger charge is 2.35. The van der Waals surface area contributed by atoms with E-state index in [0.29, 0.717) is 60.8 Å². The molecule has 46 heavy (non-hydrogen) atoms. The van der Waals surface area contributed by atoms with Gasteiger partial charge in [0.2, 0.25) is 11.9 Å². The second kappa shape index (κ2) is 15.1. The molecule has 1 aliphatic rings. The van der Waals surface area contributed by atoms with Gasteiger partial charge in [-0.3, -0.25) is 9.36 Å². The third-order valence-corrected chi connectivity index (χ3v) is 7.78. The Morgan fingerprint density at radius 1 is 0.978 bits per heavy atom. The van der Waals surface area contributed by atoms with Crippen LogP contribution < -0.4 is 29.7 Å². The molecule has 4 aromatic rings. The molecule has 0 radical (unpaired) electrons. The maximum Gasteiger partial charge on any atom is 0.321 e. The molecule has 1 saturated heterocycles. The number of hydrogen-bond donors (Lipinski definition) is 2. The van der Waals surface area contributed by atoms with Gasteiger partial charge in [0.25, 0.3) is 0 Å². The first-order chi connectivity index (χ1) is 22.4. The Hall–Kier alpha value is -5.33. The molecule has 1 fully saturated rings. The van der Waals surface area contributed by atoms with Crippen LogP contribution in [0.2, 0.25) is 0 Å². The highest BCUT2D eigenvalue weighted by Crippen LogP contribution is 2.31. The summed E-state index contributed by atoms with van der Waals surface area (Å²) in [5.41, 5.74) is 2.40. The van der Waals surface area contributed by atoms with Crippen LogP contribution in [0.3, 0.4) is 0 Å². The smallest absolute Gasteiger partial charge is 0.321 e. The molecule has 2 aromatic heterocycles. The number of carbonyl (C=O) groups excluding carboxylic acids is 2. The number of hydrogen-bond acceptors (Lipinski definition) is 9. The molecule has 0 spiro atoms. The molecule has 2 aromatic carbocycles. The van der Waals surface area contributed by atoms with Crippen LogP contribution >= 0.6 is 0 Å². The summed E-state index contributed by atoms with van der Waals surface area (Å²) in [7, 11) is 4.78. The molecule has 13 nitrogen and oxygen atoms in total. The van der Waals surface area contributed by atoms with Crippen molar-refractivity contribution in [1.82, 2.24) is 29.7 Å². The quantitative estimate of drug-likeness (QED) is 0.241. The van der Waals surface area contributed by atoms with Gasteiger partial charge >= 0.3 is 6.03 Å². The van der Waals surface area contributed by atoms with E-state index in [4.69, 9.17) is 24.2 Å². The van der Waals surface area contributed by atoms with Gasteiger partial charge in [0.15, 0.2) is 11.5 Å². The van der Waals surface area contributed by atoms with Crippen LogP contribution in [0.25, 0.3) is 5.95 Å². The number of amides is 3. The van der Waals surface area contributed by atoms with E-state index in [9.17, 15) is 9.59 Å². The van der Waals surface area contributed by atoms with Gasteiger partial charge in [-0.25, -0.2) is 14.8 Å². The molecule has 1 unspecified atom stereocenters. The van der Waals surface area contributed by atoms with Crippen molar-refractivity contribution in [1.29, 1.82) is 0 Å². The maximum atomic E-state index is 13.9. The van der Waals surface area contributed by atoms with Crippen molar-refractivity contribution in [2.75, 3.05) is 57.7 Å². The predicted octanol–water partition coefficient (Wildman–Crippen LogP) is 3.72. The van der Waals surface area contributed by atoms with Gasteiger partial charge in [-0.2, -0.15) is 4.98 Å². The van der Waals surface area contributed by atoms with E-state index in [0.717, 1.165) is 24.1 Å². The second-order valence-corrected chi connectivity index (χ2v) is 10.7. The largest absolute Gasteiger partial charge is 0.497 e. The summed E-state index contributed by atoms with van der Waals surface area (Å²) in [6.07, 6.45) is 7.28. The summed E-state index contributed by atoms with van der Waals surface area (Å²) in [6, 6.07) is 13.7. The molecule has 3 amide bonds. The lowest BCUT2D eigenvalue weighted by Gasteiger charge is -2.41. The van der Waals surface area contributed by atoms with Gasteiger partial charge in [-0.1, -0.05) is 25.5 Å². The average Bonchev–Trinajstić information content (AvgIpc) is 3.63. The first-order valence-corrected chi connectivity index (χ1v) is 15.2. The number of rotatable bonds is 12. The zero-order valence-electron chi connectivity index (χ0n) is 26.6. The number of aromatic nitrogens is 4. The molecule has 3 heterocycles. The summed E-state index contributed by atoms with van der Waals surface area (Å²) in [6.45, 7) is 3.39. The standard InChI is InChI=1S/C33H40N8O5/c1-5-7-25-20-29(38-32(36-25)40-17-16-34-22-40)41-19-18-39(33(43)37-24-10-12-26(44-2)13-11-24)21-27(41)31(42)35-15-14-23-8-6-9-28(45-3)30(23)46-4/h6,8-13,16-17,20,22,27H,5,7,14-15,18-19,21H2,1-4H3,(H,35,42)(H,37,43). The molecule has 0 saturated carbocycles. The van der Waals surface area contributed by atoms with E-state index < -0.39 is 6.04 Å². The van der Waals surface area contributed by atoms with Crippen LogP contribution in [0, 0.1) is 0 Å². The van der Waals surface area contributed by atoms with Gasteiger partial charge < -0.3 is 34.6 Å². The lowest BCUT2D eigenvalue weighted by molar-refractivity contribution is -0.123. The fourth-order valence-corrected chi connectivity index (χ4v) is 5.43. The number of para-hydroxylation sites is 1. The third-order valence-electron chi connectivity index (χ3n) is 7.78. The van der Waals surface area contributed by atoms with Crippen molar-refractivity contribution in [2.24, 2.45) is 0 Å². The number of anilines is 2. The maximum absolute atomic E-state index is 13.9. The topological polar surface area (TPSA) is 136 Å². The highest BCUT2D eigenvalue weighted by atomic mass is 16.5. The van der Waals surface area contributed by atoms with E-state index in [1.807, 2.05) is 29.2 Å². The summed E-state index contributed by atoms with van der Waals surface area (Å²) < 4.78 is 18.0. The molecule has 242 valence electrons. The third kappa shape index (κ3) is 7.48. The van der Waals surface area contributed by atoms with E-state index in [1.165, 1.54) is 0 Å². The van der Waals surface area contributed by atoms with E-state index in [-0.39, 0.29) is 18.5 Å². The molecule has 1 atom stereocenters. The number of benzene rings is 2. The molecular formula is C33H40N8O5. The number of carbonyl (C=O) groups is 2. The fraction of sp³-hybridized carbons (Fsp3) is 0.364. The van der Waals surface area contributed by atoms with Gasteiger partial charge in [-0.15, -0.1) is 0 Å². The van der Waals surface area contributed by atoms with Crippen LogP contribution in [-0.4, -0.2) is 89.9 Å². The Bertz CT molecular complexity index is 1610. The monoisotopic (exact) mass is 628 g/mol. The zero-order valence-corrected chi connectivity index (χ0v) is 26.6. The molecule has 2 N–H and O–H groups in total. The highest BCUT2D eigenvalue weighted by molar-refractivity contribution is 5.91. The normalized spacial score (nSPS) is 14.5. The Morgan fingerprint density at radius 3 is 2.50 bits per heavy atom. The fourth-order valence-electron chi connectivity index (χ4n) is 5.43. The molecule has 0 aliphatic carbocycles. The average molecular weight is 629 g/mol. The minimum absolute atomic E-state index is 0.157. The van der Waals surface area contributed by atoms with Crippen molar-refractivity contribution >= 4 is 23.4 Å². The van der Waals surface area contributed by atoms with Crippen LogP contribution in [0.4, 0.5) is 16.3 Å². The number of imidazole rings is 1. The van der Waals surface area contributed by atoms with E-state index in [2.05, 4.69) is 22.5 Å². The van der Waals surface area contributed by atoms with Crippen molar-refractivity contribution < 1.29 is 23.8 Å². The van der Waals surface area contributed by atoms with Crippen LogP contribution in [0.5, 0.6) is 17.2 Å². The van der Waals surface area contributed by atoms with Gasteiger partial charge in [0, 0.05) is 49.5 Å². The Morgan fingerprint density at radius 2 is 1.80 bits per heavy atom. The van der Waals surface area contributed by atoms with Gasteiger partial charge in [0.05, 0.1) is 27.9 Å². The minimum Gasteiger partial charge on any atom is -0.497 e. The summed E-state index contributed by atoms with van der Waals surface area (Å²) in [4.78, 5) is 44.6. The predicted molar refractivity (Wildman–Crippen MR) is 174 cm³/mol. The van der Waals surface area contributed by atoms with E-state index in [1.54, 1.807) is 73.8 Å². The second-order valence-electron chi connectivity index (χ2n) is 10.7. The van der Waals surface area contributed by atoms with Gasteiger partial charge in [-0.05, 0) is 48.7 Å². The van der Waals surface area contributed by atoms with Crippen LogP contribution in [0.15, 0.2) is 67.3 Å². The van der Waals surface area contributed by atoms with Gasteiger partial charge in [0.1, 0.15) is 23.9 Å². The molecule has 1 aliphatic heterocycles. The lowest BCUT2D eigenvalue weighted by Crippen LogP contribution is -2.61. The SMILES string of the molecule is CCCc1cc(N2CCN(C(=O)Nc3ccc(OC)cc3)CC2C(=O)NCCc2cccc(OC)c2OC)nc(-n2ccnc2)n1. The molecule has 13 heteroatoms. The van der Waals surface area contributed by atoms with Crippen molar-refractivity contribution in [3.63, 3.8) is 0 Å². The van der Waals surface area contributed by atoms with Crippen molar-refractivity contribution in [2.45, 2.75) is 32.2 Å². The van der Waals surface area contributed by atoms with E-state index >= 15 is 0 Å². The molecule has 5 rings (SSSR count). The van der Waals surface area contributed by atoms with Crippen LogP contribution in [0.1, 0.15) is 24.6 Å². The number of piperazine rings is 1. The number of ether oxygens (including phenoxy) is 3. The number of aryl methyl sites for hydroxylation is 1. The summed E-state index contributed by atoms with van der Waals surface area (Å²) >= 11 is 0. The Kier molecular flexibility index (Phi) is 10.5. The molecule has 0 bridgehead atoms. The lowest BCUT2D eigenvalue weighted by atomic mass is 10.1. The summed E-state index contributed by atoms with van der Waals surface area (Å²) in [5, 5.41) is 6.02. The number of methoxy groups -OCH3 is 3. The number of urea groups is 1. The Balaban J connectivity index is 1.38. The van der Waals surface area contributed by atoms with Crippen molar-refractivity contribution in [3.8, 4) is 23.2 Å². The first-order valence-electron chi connectivity index (χ1n) is 15.2. The first kappa shape index (κ1) is 32.1. The number of nitrogens with zero attached hydrogens (tertiary/aromatic N) is 6. The molecular weight excluding hydrogens is 588 g/mol.